The number of para-hydroxylation sites is 1. The van der Waals surface area contributed by atoms with Crippen molar-refractivity contribution in [3.63, 3.8) is 0 Å². The van der Waals surface area contributed by atoms with Crippen LogP contribution in [-0.4, -0.2) is 19.9 Å². The Labute approximate surface area is 153 Å². The van der Waals surface area contributed by atoms with E-state index in [-0.39, 0.29) is 4.90 Å². The van der Waals surface area contributed by atoms with Gasteiger partial charge in [0.15, 0.2) is 0 Å². The highest BCUT2D eigenvalue weighted by molar-refractivity contribution is 7.92. The molecule has 6 heteroatoms. The van der Waals surface area contributed by atoms with Crippen molar-refractivity contribution in [1.82, 2.24) is 4.98 Å². The van der Waals surface area contributed by atoms with Crippen LogP contribution in [0.25, 0.3) is 0 Å². The summed E-state index contributed by atoms with van der Waals surface area (Å²) in [5, 5.41) is 0. The van der Waals surface area contributed by atoms with Gasteiger partial charge in [-0.3, -0.25) is 4.72 Å². The molecule has 4 rings (SSSR count). The number of aromatic nitrogens is 1. The number of fused-ring (bicyclic) bond motifs is 1. The zero-order chi connectivity index (χ0) is 18.1. The smallest absolute Gasteiger partial charge is 0.263 e. The maximum atomic E-state index is 12.6. The number of nitrogens with one attached hydrogen (secondary N) is 1. The minimum absolute atomic E-state index is 0.263. The number of rotatable bonds is 4. The van der Waals surface area contributed by atoms with Crippen LogP contribution in [0.2, 0.25) is 0 Å². The van der Waals surface area contributed by atoms with Crippen molar-refractivity contribution >= 4 is 27.2 Å². The van der Waals surface area contributed by atoms with E-state index in [1.807, 2.05) is 24.3 Å². The van der Waals surface area contributed by atoms with Gasteiger partial charge >= 0.3 is 0 Å². The first-order valence-corrected chi connectivity index (χ1v) is 9.93. The molecule has 5 nitrogen and oxygen atoms in total. The van der Waals surface area contributed by atoms with Crippen LogP contribution in [0.3, 0.4) is 0 Å². The van der Waals surface area contributed by atoms with Crippen LogP contribution in [0.4, 0.5) is 17.2 Å². The zero-order valence-corrected chi connectivity index (χ0v) is 15.2. The maximum absolute atomic E-state index is 12.6. The molecule has 0 bridgehead atoms. The molecular weight excluding hydrogens is 346 g/mol. The Morgan fingerprint density at radius 3 is 2.54 bits per heavy atom. The lowest BCUT2D eigenvalue weighted by molar-refractivity contribution is 0.600. The van der Waals surface area contributed by atoms with E-state index in [1.54, 1.807) is 37.4 Å². The summed E-state index contributed by atoms with van der Waals surface area (Å²) in [5.74, 6) is 0.310. The number of sulfonamides is 1. The van der Waals surface area contributed by atoms with Gasteiger partial charge in [-0.15, -0.1) is 0 Å². The number of benzene rings is 2. The van der Waals surface area contributed by atoms with Crippen molar-refractivity contribution in [2.75, 3.05) is 16.2 Å². The molecule has 0 fully saturated rings. The average molecular weight is 365 g/mol. The number of hydrogen-bond acceptors (Lipinski definition) is 4. The van der Waals surface area contributed by atoms with Gasteiger partial charge in [-0.25, -0.2) is 13.4 Å². The Balaban J connectivity index is 1.57. The molecule has 0 spiro atoms. The second-order valence-corrected chi connectivity index (χ2v) is 7.95. The van der Waals surface area contributed by atoms with Crippen LogP contribution < -0.4 is 9.62 Å². The summed E-state index contributed by atoms with van der Waals surface area (Å²) < 4.78 is 27.7. The lowest BCUT2D eigenvalue weighted by atomic mass is 10.2. The van der Waals surface area contributed by atoms with Crippen molar-refractivity contribution in [3.8, 4) is 0 Å². The molecule has 1 aromatic heterocycles. The lowest BCUT2D eigenvalue weighted by Crippen LogP contribution is -2.16. The van der Waals surface area contributed by atoms with E-state index >= 15 is 0 Å². The van der Waals surface area contributed by atoms with Crippen LogP contribution in [-0.2, 0) is 16.4 Å². The molecule has 0 radical (unpaired) electrons. The number of aryl methyl sites for hydroxylation is 1. The molecule has 0 aliphatic carbocycles. The molecule has 0 unspecified atom stereocenters. The van der Waals surface area contributed by atoms with Gasteiger partial charge in [0.05, 0.1) is 16.8 Å². The van der Waals surface area contributed by atoms with Crippen LogP contribution >= 0.6 is 0 Å². The van der Waals surface area contributed by atoms with Crippen molar-refractivity contribution in [2.24, 2.45) is 0 Å². The second-order valence-electron chi connectivity index (χ2n) is 6.30. The summed E-state index contributed by atoms with van der Waals surface area (Å²) in [6.45, 7) is 2.67. The van der Waals surface area contributed by atoms with E-state index in [0.717, 1.165) is 18.7 Å². The van der Waals surface area contributed by atoms with Gasteiger partial charge in [-0.2, -0.15) is 0 Å². The Hall–Kier alpha value is -2.86. The van der Waals surface area contributed by atoms with Crippen molar-refractivity contribution in [2.45, 2.75) is 18.2 Å². The van der Waals surface area contributed by atoms with Gasteiger partial charge in [0.2, 0.25) is 0 Å². The molecule has 26 heavy (non-hydrogen) atoms. The first-order chi connectivity index (χ1) is 12.5. The van der Waals surface area contributed by atoms with E-state index in [9.17, 15) is 8.42 Å². The Morgan fingerprint density at radius 1 is 1.00 bits per heavy atom. The van der Waals surface area contributed by atoms with E-state index in [2.05, 4.69) is 26.7 Å². The summed E-state index contributed by atoms with van der Waals surface area (Å²) in [7, 11) is -3.65. The molecule has 132 valence electrons. The topological polar surface area (TPSA) is 62.3 Å². The predicted molar refractivity (Wildman–Crippen MR) is 103 cm³/mol. The fourth-order valence-electron chi connectivity index (χ4n) is 3.26. The Morgan fingerprint density at radius 2 is 1.77 bits per heavy atom. The normalized spacial score (nSPS) is 13.5. The van der Waals surface area contributed by atoms with Crippen molar-refractivity contribution in [3.05, 3.63) is 78.0 Å². The minimum Gasteiger partial charge on any atom is -0.340 e. The summed E-state index contributed by atoms with van der Waals surface area (Å²) in [6.07, 6.45) is 2.70. The summed E-state index contributed by atoms with van der Waals surface area (Å²) >= 11 is 0. The van der Waals surface area contributed by atoms with E-state index in [0.29, 0.717) is 11.4 Å². The molecule has 0 saturated carbocycles. The SMILES string of the molecule is Cc1ccccc1S(=O)(=O)Nc1ccc(N2CCc3ccccc32)cn1. The van der Waals surface area contributed by atoms with Gasteiger partial charge < -0.3 is 4.90 Å². The third-order valence-electron chi connectivity index (χ3n) is 4.57. The zero-order valence-electron chi connectivity index (χ0n) is 14.4. The van der Waals surface area contributed by atoms with Crippen LogP contribution in [0.1, 0.15) is 11.1 Å². The summed E-state index contributed by atoms with van der Waals surface area (Å²) in [5.41, 5.74) is 4.15. The van der Waals surface area contributed by atoms with Gasteiger partial charge in [-0.1, -0.05) is 36.4 Å². The Bertz CT molecular complexity index is 1050. The van der Waals surface area contributed by atoms with Gasteiger partial charge in [0, 0.05) is 12.2 Å². The van der Waals surface area contributed by atoms with E-state index in [4.69, 9.17) is 0 Å². The molecular formula is C20H19N3O2S. The quantitative estimate of drug-likeness (QED) is 0.762. The van der Waals surface area contributed by atoms with Crippen molar-refractivity contribution in [1.29, 1.82) is 0 Å². The monoisotopic (exact) mass is 365 g/mol. The van der Waals surface area contributed by atoms with Gasteiger partial charge in [0.25, 0.3) is 10.0 Å². The highest BCUT2D eigenvalue weighted by Gasteiger charge is 2.21. The predicted octanol–water partition coefficient (Wildman–Crippen LogP) is 3.89. The first kappa shape index (κ1) is 16.6. The number of pyridine rings is 1. The van der Waals surface area contributed by atoms with Crippen molar-refractivity contribution < 1.29 is 8.42 Å². The Kier molecular flexibility index (Phi) is 4.12. The molecule has 1 aliphatic rings. The number of hydrogen-bond donors (Lipinski definition) is 1. The number of anilines is 3. The highest BCUT2D eigenvalue weighted by atomic mass is 32.2. The third kappa shape index (κ3) is 3.04. The highest BCUT2D eigenvalue weighted by Crippen LogP contribution is 2.34. The molecule has 2 aromatic carbocycles. The molecule has 0 atom stereocenters. The molecule has 1 N–H and O–H groups in total. The average Bonchev–Trinajstić information content (AvgIpc) is 3.06. The maximum Gasteiger partial charge on any atom is 0.263 e. The molecule has 0 amide bonds. The van der Waals surface area contributed by atoms with Gasteiger partial charge in [-0.05, 0) is 48.7 Å². The summed E-state index contributed by atoms with van der Waals surface area (Å²) in [4.78, 5) is 6.76. The lowest BCUT2D eigenvalue weighted by Gasteiger charge is -2.19. The third-order valence-corrected chi connectivity index (χ3v) is 6.08. The second kappa shape index (κ2) is 6.46. The van der Waals surface area contributed by atoms with Crippen LogP contribution in [0.15, 0.2) is 71.8 Å². The summed E-state index contributed by atoms with van der Waals surface area (Å²) in [6, 6.07) is 18.8. The fourth-order valence-corrected chi connectivity index (χ4v) is 4.52. The molecule has 0 saturated heterocycles. The standard InChI is InChI=1S/C20H19N3O2S/c1-15-6-2-5-9-19(15)26(24,25)22-20-11-10-17(14-21-20)23-13-12-16-7-3-4-8-18(16)23/h2-11,14H,12-13H2,1H3,(H,21,22). The molecule has 2 heterocycles. The molecule has 3 aromatic rings. The van der Waals surface area contributed by atoms with Crippen LogP contribution in [0, 0.1) is 6.92 Å². The largest absolute Gasteiger partial charge is 0.340 e. The first-order valence-electron chi connectivity index (χ1n) is 8.44. The number of nitrogens with zero attached hydrogens (tertiary/aromatic N) is 2. The molecule has 1 aliphatic heterocycles. The van der Waals surface area contributed by atoms with E-state index < -0.39 is 10.0 Å². The van der Waals surface area contributed by atoms with Gasteiger partial charge in [0.1, 0.15) is 5.82 Å². The minimum atomic E-state index is -3.65. The van der Waals surface area contributed by atoms with Crippen LogP contribution in [0.5, 0.6) is 0 Å². The van der Waals surface area contributed by atoms with E-state index in [1.165, 1.54) is 11.3 Å². The fraction of sp³-hybridized carbons (Fsp3) is 0.150.